The molecule has 13 heteroatoms. The van der Waals surface area contributed by atoms with Gasteiger partial charge in [0.1, 0.15) is 6.10 Å². The van der Waals surface area contributed by atoms with Crippen LogP contribution < -0.4 is 0 Å². The molecule has 1 aliphatic rings. The molecule has 0 fully saturated rings. The smallest absolute Gasteiger partial charge is 0.466 e. The second kappa shape index (κ2) is 21.6. The van der Waals surface area contributed by atoms with Gasteiger partial charge in [0, 0.05) is 6.42 Å². The number of carbonyl (C=O) groups excluding carboxylic acids is 1. The first kappa shape index (κ1) is 35.5. The molecule has 1 rings (SSSR count). The van der Waals surface area contributed by atoms with Crippen molar-refractivity contribution in [2.45, 2.75) is 109 Å². The Hall–Kier alpha value is -1.69. The highest BCUT2D eigenvalue weighted by Gasteiger charge is 2.38. The average molecular weight is 531 g/mol. The lowest BCUT2D eigenvalue weighted by Gasteiger charge is -2.13. The monoisotopic (exact) mass is 530 g/mol. The van der Waals surface area contributed by atoms with Gasteiger partial charge < -0.3 is 44.9 Å². The number of carboxylic acid groups (broad SMARTS) is 1. The SMILES string of the molecule is CCCCCCCCCCCCCCCC(=O)O.O=C1O[C@H]([C@@H](O)CO)C(O)=C1O.O=P(O)(O)O. The zero-order valence-corrected chi connectivity index (χ0v) is 21.3. The number of aliphatic hydroxyl groups excluding tert-OH is 4. The summed E-state index contributed by atoms with van der Waals surface area (Å²) in [6.45, 7) is 1.59. The standard InChI is InChI=1S/C16H32O2.C6H8O6.H3O4P/c1-2-3-4-5-6-7-8-9-10-11-12-13-14-15-16(17)18;7-1-2(8)5-3(9)4(10)6(11)12-5;1-5(2,3)4/h2-15H2,1H3,(H,17,18);2,5,7-10H,1H2;(H3,1,2,3,4)/t;2-,5+;/m.0./s1. The lowest BCUT2D eigenvalue weighted by molar-refractivity contribution is -0.147. The summed E-state index contributed by atoms with van der Waals surface area (Å²) in [4.78, 5) is 42.4. The number of rotatable bonds is 16. The maximum absolute atomic E-state index is 10.5. The lowest BCUT2D eigenvalue weighted by atomic mass is 10.0. The van der Waals surface area contributed by atoms with Gasteiger partial charge in [-0.2, -0.15) is 0 Å². The second-order valence-corrected chi connectivity index (χ2v) is 9.24. The largest absolute Gasteiger partial charge is 0.505 e. The number of carboxylic acids is 1. The quantitative estimate of drug-likeness (QED) is 0.0818. The first-order valence-corrected chi connectivity index (χ1v) is 13.5. The van der Waals surface area contributed by atoms with Crippen LogP contribution in [0.15, 0.2) is 11.5 Å². The fraction of sp³-hybridized carbons (Fsp3) is 0.818. The third-order valence-corrected chi connectivity index (χ3v) is 4.97. The van der Waals surface area contributed by atoms with E-state index in [-0.39, 0.29) is 0 Å². The summed E-state index contributed by atoms with van der Waals surface area (Å²) in [7, 11) is -4.64. The molecule has 0 unspecified atom stereocenters. The van der Waals surface area contributed by atoms with Crippen LogP contribution in [0.4, 0.5) is 0 Å². The van der Waals surface area contributed by atoms with Crippen LogP contribution in [0.2, 0.25) is 0 Å². The maximum atomic E-state index is 10.5. The van der Waals surface area contributed by atoms with Gasteiger partial charge in [-0.15, -0.1) is 0 Å². The fourth-order valence-corrected chi connectivity index (χ4v) is 3.12. The van der Waals surface area contributed by atoms with Crippen molar-refractivity contribution < 1.29 is 59.1 Å². The molecule has 35 heavy (non-hydrogen) atoms. The normalized spacial score (nSPS) is 16.1. The molecule has 0 aliphatic carbocycles. The average Bonchev–Trinajstić information content (AvgIpc) is 3.03. The molecule has 208 valence electrons. The Bertz CT molecular complexity index is 638. The molecule has 1 heterocycles. The molecule has 0 spiro atoms. The van der Waals surface area contributed by atoms with Crippen molar-refractivity contribution in [1.82, 2.24) is 0 Å². The molecule has 0 radical (unpaired) electrons. The molecule has 0 saturated carbocycles. The molecule has 0 aromatic carbocycles. The molecule has 0 bridgehead atoms. The van der Waals surface area contributed by atoms with E-state index in [1.165, 1.54) is 70.6 Å². The van der Waals surface area contributed by atoms with E-state index < -0.39 is 50.1 Å². The van der Waals surface area contributed by atoms with Gasteiger partial charge in [-0.05, 0) is 6.42 Å². The number of cyclic esters (lactones) is 1. The van der Waals surface area contributed by atoms with Crippen LogP contribution >= 0.6 is 7.82 Å². The number of aliphatic hydroxyl groups is 4. The molecular formula is C22H43O12P. The highest BCUT2D eigenvalue weighted by Crippen LogP contribution is 2.25. The minimum absolute atomic E-state index is 0.345. The molecule has 2 atom stereocenters. The molecule has 12 nitrogen and oxygen atoms in total. The van der Waals surface area contributed by atoms with Crippen molar-refractivity contribution in [1.29, 1.82) is 0 Å². The van der Waals surface area contributed by atoms with E-state index in [0.717, 1.165) is 12.8 Å². The van der Waals surface area contributed by atoms with Gasteiger partial charge in [0.25, 0.3) is 0 Å². The van der Waals surface area contributed by atoms with Gasteiger partial charge in [-0.25, -0.2) is 9.36 Å². The van der Waals surface area contributed by atoms with Crippen LogP contribution in [-0.2, 0) is 18.9 Å². The van der Waals surface area contributed by atoms with E-state index in [4.69, 9.17) is 44.8 Å². The van der Waals surface area contributed by atoms with Gasteiger partial charge in [0.05, 0.1) is 6.61 Å². The summed E-state index contributed by atoms with van der Waals surface area (Å²) in [6, 6.07) is 0. The van der Waals surface area contributed by atoms with E-state index in [2.05, 4.69) is 11.7 Å². The predicted octanol–water partition coefficient (Wildman–Crippen LogP) is 3.22. The number of hydrogen-bond acceptors (Lipinski definition) is 8. The molecule has 8 N–H and O–H groups in total. The molecular weight excluding hydrogens is 487 g/mol. The van der Waals surface area contributed by atoms with E-state index in [1.54, 1.807) is 0 Å². The van der Waals surface area contributed by atoms with Crippen LogP contribution in [0.25, 0.3) is 0 Å². The van der Waals surface area contributed by atoms with Crippen molar-refractivity contribution in [3.8, 4) is 0 Å². The first-order chi connectivity index (χ1) is 16.3. The second-order valence-electron chi connectivity index (χ2n) is 8.21. The van der Waals surface area contributed by atoms with Crippen molar-refractivity contribution in [3.05, 3.63) is 11.5 Å². The van der Waals surface area contributed by atoms with Crippen LogP contribution in [0.1, 0.15) is 96.8 Å². The number of hydrogen-bond donors (Lipinski definition) is 8. The van der Waals surface area contributed by atoms with Crippen LogP contribution in [0.5, 0.6) is 0 Å². The summed E-state index contributed by atoms with van der Waals surface area (Å²) >= 11 is 0. The number of esters is 1. The Kier molecular flexibility index (Phi) is 21.9. The molecule has 0 aromatic rings. The summed E-state index contributed by atoms with van der Waals surface area (Å²) in [6.07, 6.45) is 14.5. The Morgan fingerprint density at radius 2 is 1.26 bits per heavy atom. The number of aliphatic carboxylic acids is 1. The topological polar surface area (TPSA) is 222 Å². The van der Waals surface area contributed by atoms with E-state index in [0.29, 0.717) is 6.42 Å². The van der Waals surface area contributed by atoms with Crippen molar-refractivity contribution >= 4 is 19.8 Å². The number of ether oxygens (including phenoxy) is 1. The number of carbonyl (C=O) groups is 2. The molecule has 0 amide bonds. The van der Waals surface area contributed by atoms with Crippen molar-refractivity contribution in [3.63, 3.8) is 0 Å². The summed E-state index contributed by atoms with van der Waals surface area (Å²) in [5, 5.41) is 43.5. The highest BCUT2D eigenvalue weighted by molar-refractivity contribution is 7.45. The van der Waals surface area contributed by atoms with E-state index in [9.17, 15) is 9.59 Å². The number of unbranched alkanes of at least 4 members (excludes halogenated alkanes) is 12. The van der Waals surface area contributed by atoms with Gasteiger partial charge in [-0.1, -0.05) is 84.0 Å². The third kappa shape index (κ3) is 23.8. The Morgan fingerprint density at radius 1 is 0.886 bits per heavy atom. The Labute approximate surface area is 206 Å². The van der Waals surface area contributed by atoms with Crippen molar-refractivity contribution in [2.75, 3.05) is 6.61 Å². The van der Waals surface area contributed by atoms with Crippen LogP contribution in [0.3, 0.4) is 0 Å². The third-order valence-electron chi connectivity index (χ3n) is 4.97. The molecule has 0 saturated heterocycles. The molecule has 0 aromatic heterocycles. The zero-order valence-electron chi connectivity index (χ0n) is 20.4. The van der Waals surface area contributed by atoms with E-state index >= 15 is 0 Å². The highest BCUT2D eigenvalue weighted by atomic mass is 31.2. The van der Waals surface area contributed by atoms with Gasteiger partial charge in [-0.3, -0.25) is 4.79 Å². The minimum atomic E-state index is -4.64. The lowest BCUT2D eigenvalue weighted by Crippen LogP contribution is -2.31. The van der Waals surface area contributed by atoms with E-state index in [1.807, 2.05) is 0 Å². The minimum Gasteiger partial charge on any atom is -0.505 e. The first-order valence-electron chi connectivity index (χ1n) is 12.0. The summed E-state index contributed by atoms with van der Waals surface area (Å²) in [5.74, 6) is -3.43. The fourth-order valence-electron chi connectivity index (χ4n) is 3.12. The van der Waals surface area contributed by atoms with Crippen LogP contribution in [0, 0.1) is 0 Å². The summed E-state index contributed by atoms with van der Waals surface area (Å²) < 4.78 is 13.2. The predicted molar refractivity (Wildman–Crippen MR) is 127 cm³/mol. The maximum Gasteiger partial charge on any atom is 0.466 e. The Morgan fingerprint density at radius 3 is 1.54 bits per heavy atom. The zero-order chi connectivity index (χ0) is 27.3. The van der Waals surface area contributed by atoms with Gasteiger partial charge in [0.2, 0.25) is 5.76 Å². The molecule has 1 aliphatic heterocycles. The Balaban J connectivity index is 0. The van der Waals surface area contributed by atoms with Gasteiger partial charge >= 0.3 is 19.8 Å². The van der Waals surface area contributed by atoms with Crippen molar-refractivity contribution in [2.24, 2.45) is 0 Å². The number of phosphoric acid groups is 1. The van der Waals surface area contributed by atoms with Crippen LogP contribution in [-0.4, -0.2) is 71.0 Å². The van der Waals surface area contributed by atoms with Gasteiger partial charge in [0.15, 0.2) is 11.9 Å². The summed E-state index contributed by atoms with van der Waals surface area (Å²) in [5.41, 5.74) is 0.